The summed E-state index contributed by atoms with van der Waals surface area (Å²) in [5.41, 5.74) is 0.982. The van der Waals surface area contributed by atoms with Gasteiger partial charge in [0.05, 0.1) is 18.2 Å². The van der Waals surface area contributed by atoms with E-state index >= 15 is 0 Å². The summed E-state index contributed by atoms with van der Waals surface area (Å²) in [5, 5.41) is 0. The maximum absolute atomic E-state index is 12.5. The lowest BCUT2D eigenvalue weighted by Crippen LogP contribution is -2.47. The van der Waals surface area contributed by atoms with Gasteiger partial charge in [0, 0.05) is 18.2 Å². The van der Waals surface area contributed by atoms with Gasteiger partial charge < -0.3 is 0 Å². The van der Waals surface area contributed by atoms with Crippen LogP contribution in [0.15, 0.2) is 48.6 Å². The Hall–Kier alpha value is -3.02. The summed E-state index contributed by atoms with van der Waals surface area (Å²) in [6.07, 6.45) is 3.65. The van der Waals surface area contributed by atoms with E-state index in [9.17, 15) is 19.2 Å². The van der Waals surface area contributed by atoms with Gasteiger partial charge in [0.25, 0.3) is 23.6 Å². The number of amides is 4. The SMILES string of the molecule is CC(CN1C(=O)C=CC1=O)N1C(=O)C=C(c2ccccc2)C1=O. The summed E-state index contributed by atoms with van der Waals surface area (Å²) >= 11 is 0. The van der Waals surface area contributed by atoms with E-state index in [1.807, 2.05) is 6.07 Å². The van der Waals surface area contributed by atoms with Crippen LogP contribution in [0.4, 0.5) is 0 Å². The smallest absolute Gasteiger partial charge is 0.261 e. The first-order chi connectivity index (χ1) is 11.0. The summed E-state index contributed by atoms with van der Waals surface area (Å²) in [7, 11) is 0. The van der Waals surface area contributed by atoms with Gasteiger partial charge in [0.2, 0.25) is 0 Å². The predicted molar refractivity (Wildman–Crippen MR) is 81.6 cm³/mol. The van der Waals surface area contributed by atoms with E-state index in [0.29, 0.717) is 11.1 Å². The zero-order valence-electron chi connectivity index (χ0n) is 12.4. The van der Waals surface area contributed by atoms with Gasteiger partial charge in [-0.15, -0.1) is 0 Å². The van der Waals surface area contributed by atoms with Crippen LogP contribution in [0.3, 0.4) is 0 Å². The fourth-order valence-corrected chi connectivity index (χ4v) is 2.68. The Morgan fingerprint density at radius 1 is 0.913 bits per heavy atom. The first kappa shape index (κ1) is 14.9. The number of hydrogen-bond acceptors (Lipinski definition) is 4. The van der Waals surface area contributed by atoms with E-state index in [-0.39, 0.29) is 6.54 Å². The number of carbonyl (C=O) groups excluding carboxylic acids is 4. The summed E-state index contributed by atoms with van der Waals surface area (Å²) in [5.74, 6) is -1.72. The molecule has 0 N–H and O–H groups in total. The molecule has 3 rings (SSSR count). The number of carbonyl (C=O) groups is 4. The van der Waals surface area contributed by atoms with Crippen molar-refractivity contribution in [3.63, 3.8) is 0 Å². The summed E-state index contributed by atoms with van der Waals surface area (Å²) < 4.78 is 0. The highest BCUT2D eigenvalue weighted by atomic mass is 16.2. The van der Waals surface area contributed by atoms with Crippen molar-refractivity contribution in [3.05, 3.63) is 54.1 Å². The molecule has 0 spiro atoms. The highest BCUT2D eigenvalue weighted by Crippen LogP contribution is 2.25. The molecule has 0 bridgehead atoms. The molecule has 4 amide bonds. The molecule has 6 nitrogen and oxygen atoms in total. The molecule has 1 aromatic rings. The van der Waals surface area contributed by atoms with Crippen molar-refractivity contribution in [2.24, 2.45) is 0 Å². The maximum Gasteiger partial charge on any atom is 0.261 e. The Bertz CT molecular complexity index is 746. The molecule has 2 heterocycles. The lowest BCUT2D eigenvalue weighted by Gasteiger charge is -2.26. The highest BCUT2D eigenvalue weighted by molar-refractivity contribution is 6.33. The molecule has 6 heteroatoms. The van der Waals surface area contributed by atoms with Crippen LogP contribution in [0.5, 0.6) is 0 Å². The molecule has 2 aliphatic heterocycles. The standard InChI is InChI=1S/C17H14N2O4/c1-11(10-18-14(20)7-8-15(18)21)19-16(22)9-13(17(19)23)12-5-3-2-4-6-12/h2-9,11H,10H2,1H3. The lowest BCUT2D eigenvalue weighted by atomic mass is 10.1. The van der Waals surface area contributed by atoms with Crippen LogP contribution >= 0.6 is 0 Å². The minimum Gasteiger partial charge on any atom is -0.273 e. The Labute approximate surface area is 132 Å². The maximum atomic E-state index is 12.5. The van der Waals surface area contributed by atoms with Gasteiger partial charge >= 0.3 is 0 Å². The molecular weight excluding hydrogens is 296 g/mol. The summed E-state index contributed by atoms with van der Waals surface area (Å²) in [6, 6.07) is 8.30. The zero-order chi connectivity index (χ0) is 16.6. The van der Waals surface area contributed by atoms with Crippen molar-refractivity contribution in [3.8, 4) is 0 Å². The third-order valence-electron chi connectivity index (χ3n) is 3.83. The first-order valence-electron chi connectivity index (χ1n) is 7.17. The van der Waals surface area contributed by atoms with Crippen molar-refractivity contribution in [1.82, 2.24) is 9.80 Å². The molecule has 0 aromatic heterocycles. The van der Waals surface area contributed by atoms with Crippen LogP contribution in [0.2, 0.25) is 0 Å². The third-order valence-corrected chi connectivity index (χ3v) is 3.83. The molecule has 116 valence electrons. The van der Waals surface area contributed by atoms with Gasteiger partial charge in [-0.1, -0.05) is 30.3 Å². The molecule has 1 atom stereocenters. The molecule has 1 aromatic carbocycles. The normalized spacial score (nSPS) is 18.9. The second kappa shape index (κ2) is 5.64. The average molecular weight is 310 g/mol. The van der Waals surface area contributed by atoms with Gasteiger partial charge in [-0.2, -0.15) is 0 Å². The van der Waals surface area contributed by atoms with Gasteiger partial charge in [-0.3, -0.25) is 29.0 Å². The second-order valence-electron chi connectivity index (χ2n) is 5.41. The van der Waals surface area contributed by atoms with Crippen LogP contribution in [0, 0.1) is 0 Å². The van der Waals surface area contributed by atoms with E-state index in [1.165, 1.54) is 18.2 Å². The lowest BCUT2D eigenvalue weighted by molar-refractivity contribution is -0.144. The molecule has 0 saturated carbocycles. The fraction of sp³-hybridized carbons (Fsp3) is 0.176. The number of imide groups is 2. The molecule has 0 aliphatic carbocycles. The minimum absolute atomic E-state index is 0.0158. The van der Waals surface area contributed by atoms with Crippen molar-refractivity contribution in [2.45, 2.75) is 13.0 Å². The summed E-state index contributed by atoms with van der Waals surface area (Å²) in [6.45, 7) is 1.62. The minimum atomic E-state index is -0.597. The molecule has 0 radical (unpaired) electrons. The number of benzene rings is 1. The zero-order valence-corrected chi connectivity index (χ0v) is 12.4. The van der Waals surface area contributed by atoms with Gasteiger partial charge in [0.1, 0.15) is 0 Å². The topological polar surface area (TPSA) is 74.8 Å². The molecule has 1 unspecified atom stereocenters. The van der Waals surface area contributed by atoms with E-state index in [0.717, 1.165) is 9.80 Å². The van der Waals surface area contributed by atoms with E-state index < -0.39 is 29.7 Å². The Morgan fingerprint density at radius 3 is 2.13 bits per heavy atom. The molecule has 23 heavy (non-hydrogen) atoms. The van der Waals surface area contributed by atoms with E-state index in [1.54, 1.807) is 31.2 Å². The molecular formula is C17H14N2O4. The number of rotatable bonds is 4. The van der Waals surface area contributed by atoms with Crippen LogP contribution < -0.4 is 0 Å². The van der Waals surface area contributed by atoms with Crippen molar-refractivity contribution in [1.29, 1.82) is 0 Å². The molecule has 0 fully saturated rings. The third kappa shape index (κ3) is 2.59. The van der Waals surface area contributed by atoms with Gasteiger partial charge in [-0.05, 0) is 12.5 Å². The number of hydrogen-bond donors (Lipinski definition) is 0. The Morgan fingerprint density at radius 2 is 1.52 bits per heavy atom. The molecule has 2 aliphatic rings. The van der Waals surface area contributed by atoms with Crippen LogP contribution in [0.1, 0.15) is 12.5 Å². The largest absolute Gasteiger partial charge is 0.273 e. The first-order valence-corrected chi connectivity index (χ1v) is 7.17. The fourth-order valence-electron chi connectivity index (χ4n) is 2.68. The van der Waals surface area contributed by atoms with Crippen molar-refractivity contribution >= 4 is 29.2 Å². The second-order valence-corrected chi connectivity index (χ2v) is 5.41. The quantitative estimate of drug-likeness (QED) is 0.769. The van der Waals surface area contributed by atoms with Gasteiger partial charge in [-0.25, -0.2) is 0 Å². The van der Waals surface area contributed by atoms with Crippen LogP contribution in [-0.2, 0) is 19.2 Å². The van der Waals surface area contributed by atoms with Gasteiger partial charge in [0.15, 0.2) is 0 Å². The molecule has 0 saturated heterocycles. The van der Waals surface area contributed by atoms with E-state index in [4.69, 9.17) is 0 Å². The number of nitrogens with zero attached hydrogens (tertiary/aromatic N) is 2. The van der Waals surface area contributed by atoms with Crippen molar-refractivity contribution in [2.75, 3.05) is 6.54 Å². The van der Waals surface area contributed by atoms with Crippen LogP contribution in [-0.4, -0.2) is 46.0 Å². The van der Waals surface area contributed by atoms with Crippen molar-refractivity contribution < 1.29 is 19.2 Å². The highest BCUT2D eigenvalue weighted by Gasteiger charge is 2.37. The van der Waals surface area contributed by atoms with Crippen LogP contribution in [0.25, 0.3) is 5.57 Å². The Kier molecular flexibility index (Phi) is 3.65. The summed E-state index contributed by atoms with van der Waals surface area (Å²) in [4.78, 5) is 50.0. The average Bonchev–Trinajstić information content (AvgIpc) is 3.01. The van der Waals surface area contributed by atoms with E-state index in [2.05, 4.69) is 0 Å². The monoisotopic (exact) mass is 310 g/mol. The predicted octanol–water partition coefficient (Wildman–Crippen LogP) is 0.752. The Balaban J connectivity index is 1.77.